The number of aromatic nitrogens is 3. The Kier molecular flexibility index (Phi) is 3.83. The van der Waals surface area contributed by atoms with E-state index in [1.165, 1.54) is 11.1 Å². The molecule has 0 saturated carbocycles. The fourth-order valence-corrected chi connectivity index (χ4v) is 3.02. The van der Waals surface area contributed by atoms with Crippen molar-refractivity contribution in [3.8, 4) is 11.1 Å². The maximum atomic E-state index is 4.65. The van der Waals surface area contributed by atoms with Crippen molar-refractivity contribution in [3.05, 3.63) is 84.3 Å². The van der Waals surface area contributed by atoms with E-state index in [1.807, 2.05) is 30.5 Å². The minimum atomic E-state index is 0.417. The third kappa shape index (κ3) is 2.93. The van der Waals surface area contributed by atoms with E-state index < -0.39 is 0 Å². The van der Waals surface area contributed by atoms with Gasteiger partial charge in [0.25, 0.3) is 0 Å². The largest absolute Gasteiger partial charge is 0.341 e. The summed E-state index contributed by atoms with van der Waals surface area (Å²) < 4.78 is 0. The molecule has 3 heteroatoms. The van der Waals surface area contributed by atoms with Gasteiger partial charge in [0.2, 0.25) is 0 Å². The van der Waals surface area contributed by atoms with Crippen LogP contribution >= 0.6 is 0 Å². The maximum Gasteiger partial charge on any atom is 0.177 e. The highest BCUT2D eigenvalue weighted by Crippen LogP contribution is 2.23. The SMILES string of the molecule is CC(Cc1nc2ncc(-c3ccccc3)cc2[nH]1)c1ccccc1. The van der Waals surface area contributed by atoms with E-state index in [1.54, 1.807) is 0 Å². The van der Waals surface area contributed by atoms with Crippen molar-refractivity contribution >= 4 is 11.2 Å². The average Bonchev–Trinajstić information content (AvgIpc) is 3.04. The fourth-order valence-electron chi connectivity index (χ4n) is 3.02. The number of benzene rings is 2. The molecule has 118 valence electrons. The molecule has 0 aliphatic carbocycles. The Labute approximate surface area is 141 Å². The number of aromatic amines is 1. The molecule has 0 amide bonds. The standard InChI is InChI=1S/C21H19N3/c1-15(16-8-4-2-5-9-16)12-20-23-19-13-18(14-22-21(19)24-20)17-10-6-3-7-11-17/h2-11,13-15H,12H2,1H3,(H,22,23,24). The first kappa shape index (κ1) is 14.6. The molecular formula is C21H19N3. The van der Waals surface area contributed by atoms with E-state index in [4.69, 9.17) is 0 Å². The number of H-pyrrole nitrogens is 1. The molecule has 1 unspecified atom stereocenters. The molecular weight excluding hydrogens is 294 g/mol. The van der Waals surface area contributed by atoms with Crippen LogP contribution in [0.4, 0.5) is 0 Å². The van der Waals surface area contributed by atoms with Crippen molar-refractivity contribution < 1.29 is 0 Å². The van der Waals surface area contributed by atoms with Gasteiger partial charge in [-0.2, -0.15) is 0 Å². The molecule has 0 aliphatic heterocycles. The van der Waals surface area contributed by atoms with Gasteiger partial charge < -0.3 is 4.98 Å². The van der Waals surface area contributed by atoms with E-state index in [-0.39, 0.29) is 0 Å². The Bertz CT molecular complexity index is 943. The molecule has 3 nitrogen and oxygen atoms in total. The zero-order valence-electron chi connectivity index (χ0n) is 13.6. The van der Waals surface area contributed by atoms with E-state index in [0.717, 1.165) is 29.0 Å². The summed E-state index contributed by atoms with van der Waals surface area (Å²) in [5, 5.41) is 0. The van der Waals surface area contributed by atoms with Crippen LogP contribution in [0.15, 0.2) is 72.9 Å². The predicted octanol–water partition coefficient (Wildman–Crippen LogP) is 4.97. The molecule has 2 aromatic heterocycles. The second kappa shape index (κ2) is 6.28. The van der Waals surface area contributed by atoms with Crippen LogP contribution in [0.3, 0.4) is 0 Å². The van der Waals surface area contributed by atoms with Gasteiger partial charge in [0.05, 0.1) is 5.52 Å². The van der Waals surface area contributed by atoms with Crippen LogP contribution in [0.2, 0.25) is 0 Å². The van der Waals surface area contributed by atoms with E-state index in [9.17, 15) is 0 Å². The van der Waals surface area contributed by atoms with Crippen LogP contribution in [0.5, 0.6) is 0 Å². The summed E-state index contributed by atoms with van der Waals surface area (Å²) in [6.07, 6.45) is 2.77. The Balaban J connectivity index is 1.62. The Morgan fingerprint density at radius 2 is 1.62 bits per heavy atom. The topological polar surface area (TPSA) is 41.6 Å². The third-order valence-electron chi connectivity index (χ3n) is 4.36. The first-order valence-electron chi connectivity index (χ1n) is 8.24. The van der Waals surface area contributed by atoms with Gasteiger partial charge in [0.1, 0.15) is 5.82 Å². The lowest BCUT2D eigenvalue weighted by Crippen LogP contribution is -1.99. The number of hydrogen-bond acceptors (Lipinski definition) is 2. The predicted molar refractivity (Wildman–Crippen MR) is 97.9 cm³/mol. The first-order valence-corrected chi connectivity index (χ1v) is 8.24. The number of rotatable bonds is 4. The molecule has 1 N–H and O–H groups in total. The number of pyridine rings is 1. The number of imidazole rings is 1. The fraction of sp³-hybridized carbons (Fsp3) is 0.143. The molecule has 0 radical (unpaired) electrons. The smallest absolute Gasteiger partial charge is 0.177 e. The van der Waals surface area contributed by atoms with Gasteiger partial charge in [0, 0.05) is 18.2 Å². The zero-order chi connectivity index (χ0) is 16.4. The van der Waals surface area contributed by atoms with Crippen molar-refractivity contribution in [1.82, 2.24) is 15.0 Å². The molecule has 0 saturated heterocycles. The highest BCUT2D eigenvalue weighted by molar-refractivity contribution is 5.78. The van der Waals surface area contributed by atoms with Crippen LogP contribution in [0.25, 0.3) is 22.3 Å². The molecule has 0 bridgehead atoms. The van der Waals surface area contributed by atoms with Gasteiger partial charge in [0.15, 0.2) is 5.65 Å². The second-order valence-electron chi connectivity index (χ2n) is 6.16. The highest BCUT2D eigenvalue weighted by atomic mass is 15.0. The molecule has 1 atom stereocenters. The Morgan fingerprint density at radius 1 is 0.917 bits per heavy atom. The minimum absolute atomic E-state index is 0.417. The molecule has 4 rings (SSSR count). The molecule has 0 aliphatic rings. The molecule has 24 heavy (non-hydrogen) atoms. The summed E-state index contributed by atoms with van der Waals surface area (Å²) in [5.74, 6) is 1.40. The summed E-state index contributed by atoms with van der Waals surface area (Å²) in [5.41, 5.74) is 5.38. The lowest BCUT2D eigenvalue weighted by Gasteiger charge is -2.09. The van der Waals surface area contributed by atoms with E-state index in [2.05, 4.69) is 64.3 Å². The molecule has 2 aromatic carbocycles. The number of nitrogens with zero attached hydrogens (tertiary/aromatic N) is 2. The van der Waals surface area contributed by atoms with Gasteiger partial charge in [-0.3, -0.25) is 0 Å². The summed E-state index contributed by atoms with van der Waals surface area (Å²) in [4.78, 5) is 12.6. The summed E-state index contributed by atoms with van der Waals surface area (Å²) in [7, 11) is 0. The maximum absolute atomic E-state index is 4.65. The summed E-state index contributed by atoms with van der Waals surface area (Å²) in [6.45, 7) is 2.23. The lowest BCUT2D eigenvalue weighted by atomic mass is 9.98. The summed E-state index contributed by atoms with van der Waals surface area (Å²) in [6, 6.07) is 23.0. The molecule has 0 fully saturated rings. The van der Waals surface area contributed by atoms with Gasteiger partial charge in [-0.15, -0.1) is 0 Å². The Morgan fingerprint density at radius 3 is 2.38 bits per heavy atom. The normalized spacial score (nSPS) is 12.4. The quantitative estimate of drug-likeness (QED) is 0.578. The minimum Gasteiger partial charge on any atom is -0.341 e. The van der Waals surface area contributed by atoms with Crippen molar-refractivity contribution in [2.45, 2.75) is 19.3 Å². The Hall–Kier alpha value is -2.94. The number of nitrogens with one attached hydrogen (secondary N) is 1. The van der Waals surface area contributed by atoms with Crippen molar-refractivity contribution in [1.29, 1.82) is 0 Å². The van der Waals surface area contributed by atoms with Crippen molar-refractivity contribution in [2.75, 3.05) is 0 Å². The van der Waals surface area contributed by atoms with Gasteiger partial charge in [-0.1, -0.05) is 67.6 Å². The van der Waals surface area contributed by atoms with E-state index >= 15 is 0 Å². The van der Waals surface area contributed by atoms with Crippen LogP contribution < -0.4 is 0 Å². The second-order valence-corrected chi connectivity index (χ2v) is 6.16. The van der Waals surface area contributed by atoms with Crippen molar-refractivity contribution in [3.63, 3.8) is 0 Å². The number of fused-ring (bicyclic) bond motifs is 1. The first-order chi connectivity index (χ1) is 11.8. The highest BCUT2D eigenvalue weighted by Gasteiger charge is 2.11. The van der Waals surface area contributed by atoms with Crippen LogP contribution in [-0.4, -0.2) is 15.0 Å². The molecule has 4 aromatic rings. The average molecular weight is 313 g/mol. The van der Waals surface area contributed by atoms with Crippen LogP contribution in [0, 0.1) is 0 Å². The van der Waals surface area contributed by atoms with Gasteiger partial charge in [-0.25, -0.2) is 9.97 Å². The number of hydrogen-bond donors (Lipinski definition) is 1. The monoisotopic (exact) mass is 313 g/mol. The van der Waals surface area contributed by atoms with Gasteiger partial charge in [-0.05, 0) is 23.1 Å². The van der Waals surface area contributed by atoms with Crippen molar-refractivity contribution in [2.24, 2.45) is 0 Å². The van der Waals surface area contributed by atoms with Gasteiger partial charge >= 0.3 is 0 Å². The molecule has 0 spiro atoms. The summed E-state index contributed by atoms with van der Waals surface area (Å²) >= 11 is 0. The molecule has 2 heterocycles. The third-order valence-corrected chi connectivity index (χ3v) is 4.36. The van der Waals surface area contributed by atoms with Crippen LogP contribution in [0.1, 0.15) is 24.2 Å². The van der Waals surface area contributed by atoms with Crippen LogP contribution in [-0.2, 0) is 6.42 Å². The van der Waals surface area contributed by atoms with E-state index in [0.29, 0.717) is 5.92 Å². The lowest BCUT2D eigenvalue weighted by molar-refractivity contribution is 0.728. The zero-order valence-corrected chi connectivity index (χ0v) is 13.6.